The molecule has 0 spiro atoms. The minimum absolute atomic E-state index is 0.351. The number of thiocarbonyl (C=S) groups is 1. The van der Waals surface area contributed by atoms with Gasteiger partial charge in [0, 0.05) is 11.7 Å². The number of anilines is 1. The monoisotopic (exact) mass is 296 g/mol. The molecule has 1 fully saturated rings. The van der Waals surface area contributed by atoms with Crippen molar-refractivity contribution in [2.45, 2.75) is 45.6 Å². The fourth-order valence-electron chi connectivity index (χ4n) is 2.66. The molecule has 0 amide bonds. The molecule has 1 aliphatic rings. The molecule has 2 nitrogen and oxygen atoms in total. The van der Waals surface area contributed by atoms with Crippen LogP contribution < -0.4 is 11.1 Å². The summed E-state index contributed by atoms with van der Waals surface area (Å²) in [7, 11) is 0. The molecular weight excluding hydrogens is 276 g/mol. The van der Waals surface area contributed by atoms with Crippen LogP contribution in [0.2, 0.25) is 5.02 Å². The van der Waals surface area contributed by atoms with Crippen molar-refractivity contribution in [1.29, 1.82) is 0 Å². The Balaban J connectivity index is 2.12. The minimum Gasteiger partial charge on any atom is -0.389 e. The molecule has 1 aromatic carbocycles. The molecule has 19 heavy (non-hydrogen) atoms. The lowest BCUT2D eigenvalue weighted by Crippen LogP contribution is -2.30. The number of hydrogen-bond acceptors (Lipinski definition) is 2. The van der Waals surface area contributed by atoms with Crippen LogP contribution >= 0.6 is 23.8 Å². The van der Waals surface area contributed by atoms with Crippen LogP contribution in [0.15, 0.2) is 18.2 Å². The summed E-state index contributed by atoms with van der Waals surface area (Å²) in [5, 5.41) is 4.18. The van der Waals surface area contributed by atoms with Gasteiger partial charge in [-0.1, -0.05) is 43.7 Å². The third-order valence-electron chi connectivity index (χ3n) is 3.96. The highest BCUT2D eigenvalue weighted by Crippen LogP contribution is 2.36. The zero-order valence-corrected chi connectivity index (χ0v) is 13.1. The van der Waals surface area contributed by atoms with E-state index < -0.39 is 0 Å². The Morgan fingerprint density at radius 1 is 1.37 bits per heavy atom. The number of nitrogens with one attached hydrogen (secondary N) is 1. The number of hydrogen-bond donors (Lipinski definition) is 2. The minimum atomic E-state index is 0.351. The van der Waals surface area contributed by atoms with Crippen LogP contribution in [0.25, 0.3) is 0 Å². The van der Waals surface area contributed by atoms with E-state index in [4.69, 9.17) is 29.6 Å². The number of benzene rings is 1. The smallest absolute Gasteiger partial charge is 0.107 e. The fourth-order valence-corrected chi connectivity index (χ4v) is 3.21. The normalized spacial score (nSPS) is 19.1. The summed E-state index contributed by atoms with van der Waals surface area (Å²) < 4.78 is 0. The van der Waals surface area contributed by atoms with Gasteiger partial charge in [-0.2, -0.15) is 0 Å². The van der Waals surface area contributed by atoms with Gasteiger partial charge in [0.1, 0.15) is 4.99 Å². The van der Waals surface area contributed by atoms with E-state index in [1.165, 1.54) is 25.7 Å². The number of halogens is 1. The maximum absolute atomic E-state index is 6.18. The van der Waals surface area contributed by atoms with E-state index in [1.807, 2.05) is 18.2 Å². The van der Waals surface area contributed by atoms with Crippen LogP contribution in [0.1, 0.15) is 45.1 Å². The highest BCUT2D eigenvalue weighted by molar-refractivity contribution is 7.80. The van der Waals surface area contributed by atoms with Gasteiger partial charge in [0.25, 0.3) is 0 Å². The highest BCUT2D eigenvalue weighted by atomic mass is 35.5. The van der Waals surface area contributed by atoms with E-state index in [9.17, 15) is 0 Å². The van der Waals surface area contributed by atoms with E-state index in [0.717, 1.165) is 11.3 Å². The molecule has 0 radical (unpaired) electrons. The van der Waals surface area contributed by atoms with Gasteiger partial charge in [-0.15, -0.1) is 0 Å². The number of rotatable bonds is 3. The van der Waals surface area contributed by atoms with Gasteiger partial charge in [-0.25, -0.2) is 0 Å². The lowest BCUT2D eigenvalue weighted by atomic mass is 9.75. The van der Waals surface area contributed by atoms with Gasteiger partial charge in [-0.05, 0) is 43.2 Å². The van der Waals surface area contributed by atoms with E-state index in [0.29, 0.717) is 21.5 Å². The van der Waals surface area contributed by atoms with E-state index in [1.54, 1.807) is 0 Å². The first-order valence-corrected chi connectivity index (χ1v) is 7.52. The molecular formula is C15H21ClN2S. The summed E-state index contributed by atoms with van der Waals surface area (Å²) in [5.74, 6) is 0. The standard InChI is InChI=1S/C15H21ClN2S/c1-15(2)8-6-10(7-9-15)18-12-5-3-4-11(16)13(12)14(17)19/h3-5,10,18H,6-9H2,1-2H3,(H2,17,19). The van der Waals surface area contributed by atoms with Gasteiger partial charge >= 0.3 is 0 Å². The van der Waals surface area contributed by atoms with Crippen molar-refractivity contribution in [3.05, 3.63) is 28.8 Å². The maximum atomic E-state index is 6.18. The predicted octanol–water partition coefficient (Wildman–Crippen LogP) is 4.35. The Hall–Kier alpha value is -0.800. The second-order valence-corrected chi connectivity index (χ2v) is 6.96. The van der Waals surface area contributed by atoms with Crippen LogP contribution in [0.5, 0.6) is 0 Å². The maximum Gasteiger partial charge on any atom is 0.107 e. The molecule has 0 saturated heterocycles. The first-order chi connectivity index (χ1) is 8.89. The molecule has 1 aliphatic carbocycles. The Morgan fingerprint density at radius 2 is 2.00 bits per heavy atom. The van der Waals surface area contributed by atoms with Crippen LogP contribution in [0.3, 0.4) is 0 Å². The predicted molar refractivity (Wildman–Crippen MR) is 87.0 cm³/mol. The van der Waals surface area contributed by atoms with Crippen molar-refractivity contribution >= 4 is 34.5 Å². The van der Waals surface area contributed by atoms with E-state index in [2.05, 4.69) is 19.2 Å². The van der Waals surface area contributed by atoms with Crippen molar-refractivity contribution in [2.75, 3.05) is 5.32 Å². The summed E-state index contributed by atoms with van der Waals surface area (Å²) in [6.45, 7) is 4.67. The summed E-state index contributed by atoms with van der Waals surface area (Å²) in [6, 6.07) is 6.24. The molecule has 0 bridgehead atoms. The van der Waals surface area contributed by atoms with Gasteiger partial charge < -0.3 is 11.1 Å². The van der Waals surface area contributed by atoms with Crippen molar-refractivity contribution < 1.29 is 0 Å². The summed E-state index contributed by atoms with van der Waals surface area (Å²) >= 11 is 11.3. The Labute approximate surface area is 125 Å². The van der Waals surface area contributed by atoms with E-state index in [-0.39, 0.29) is 0 Å². The first-order valence-electron chi connectivity index (χ1n) is 6.74. The summed E-state index contributed by atoms with van der Waals surface area (Å²) in [6.07, 6.45) is 4.84. The van der Waals surface area contributed by atoms with Crippen molar-refractivity contribution in [2.24, 2.45) is 11.1 Å². The van der Waals surface area contributed by atoms with Gasteiger partial charge in [-0.3, -0.25) is 0 Å². The third-order valence-corrected chi connectivity index (χ3v) is 4.48. The molecule has 0 heterocycles. The molecule has 0 aliphatic heterocycles. The molecule has 104 valence electrons. The van der Waals surface area contributed by atoms with E-state index >= 15 is 0 Å². The van der Waals surface area contributed by atoms with Gasteiger partial charge in [0.15, 0.2) is 0 Å². The van der Waals surface area contributed by atoms with Crippen molar-refractivity contribution in [3.8, 4) is 0 Å². The Bertz CT molecular complexity index is 475. The Morgan fingerprint density at radius 3 is 2.58 bits per heavy atom. The molecule has 1 saturated carbocycles. The zero-order chi connectivity index (χ0) is 14.0. The van der Waals surface area contributed by atoms with Crippen molar-refractivity contribution in [1.82, 2.24) is 0 Å². The second-order valence-electron chi connectivity index (χ2n) is 6.11. The lowest BCUT2D eigenvalue weighted by Gasteiger charge is -2.35. The SMILES string of the molecule is CC1(C)CCC(Nc2cccc(Cl)c2C(N)=S)CC1. The Kier molecular flexibility index (Phi) is 4.36. The van der Waals surface area contributed by atoms with Crippen LogP contribution in [0, 0.1) is 5.41 Å². The summed E-state index contributed by atoms with van der Waals surface area (Å²) in [4.78, 5) is 0.351. The largest absolute Gasteiger partial charge is 0.389 e. The molecule has 2 rings (SSSR count). The average molecular weight is 297 g/mol. The van der Waals surface area contributed by atoms with Crippen LogP contribution in [0.4, 0.5) is 5.69 Å². The fraction of sp³-hybridized carbons (Fsp3) is 0.533. The zero-order valence-electron chi connectivity index (χ0n) is 11.5. The average Bonchev–Trinajstić information content (AvgIpc) is 2.31. The second kappa shape index (κ2) is 5.68. The quantitative estimate of drug-likeness (QED) is 0.814. The summed E-state index contributed by atoms with van der Waals surface area (Å²) in [5.41, 5.74) is 7.97. The van der Waals surface area contributed by atoms with Crippen molar-refractivity contribution in [3.63, 3.8) is 0 Å². The molecule has 0 atom stereocenters. The molecule has 3 N–H and O–H groups in total. The van der Waals surface area contributed by atoms with Crippen LogP contribution in [-0.4, -0.2) is 11.0 Å². The van der Waals surface area contributed by atoms with Gasteiger partial charge in [0.2, 0.25) is 0 Å². The topological polar surface area (TPSA) is 38.0 Å². The molecule has 0 aromatic heterocycles. The molecule has 1 aromatic rings. The van der Waals surface area contributed by atoms with Gasteiger partial charge in [0.05, 0.1) is 10.6 Å². The molecule has 4 heteroatoms. The van der Waals surface area contributed by atoms with Crippen LogP contribution in [-0.2, 0) is 0 Å². The third kappa shape index (κ3) is 3.61. The highest BCUT2D eigenvalue weighted by Gasteiger charge is 2.27. The number of nitrogens with two attached hydrogens (primary N) is 1. The lowest BCUT2D eigenvalue weighted by molar-refractivity contribution is 0.232. The molecule has 0 unspecified atom stereocenters. The first kappa shape index (κ1) is 14.6.